The molecule has 1 aromatic heterocycles. The summed E-state index contributed by atoms with van der Waals surface area (Å²) >= 11 is 0. The summed E-state index contributed by atoms with van der Waals surface area (Å²) < 4.78 is 10.7. The predicted molar refractivity (Wildman–Crippen MR) is 110 cm³/mol. The van der Waals surface area contributed by atoms with E-state index in [-0.39, 0.29) is 17.7 Å². The van der Waals surface area contributed by atoms with Gasteiger partial charge < -0.3 is 14.8 Å². The number of amides is 1. The van der Waals surface area contributed by atoms with Gasteiger partial charge in [0.15, 0.2) is 12.3 Å². The van der Waals surface area contributed by atoms with Crippen molar-refractivity contribution in [2.24, 2.45) is 0 Å². The van der Waals surface area contributed by atoms with E-state index in [9.17, 15) is 9.59 Å². The van der Waals surface area contributed by atoms with Crippen molar-refractivity contribution in [3.8, 4) is 5.75 Å². The first-order valence-corrected chi connectivity index (χ1v) is 9.45. The van der Waals surface area contributed by atoms with Crippen molar-refractivity contribution < 1.29 is 19.1 Å². The molecule has 3 aromatic rings. The highest BCUT2D eigenvalue weighted by molar-refractivity contribution is 6.02. The molecular weight excluding hydrogens is 370 g/mol. The van der Waals surface area contributed by atoms with E-state index >= 15 is 0 Å². The summed E-state index contributed by atoms with van der Waals surface area (Å²) in [5.74, 6) is -0.304. The molecule has 1 heterocycles. The second-order valence-corrected chi connectivity index (χ2v) is 7.67. The Balaban J connectivity index is 1.38. The Hall–Kier alpha value is -3.35. The topological polar surface area (TPSA) is 93.3 Å². The Morgan fingerprint density at radius 2 is 1.79 bits per heavy atom. The van der Waals surface area contributed by atoms with Gasteiger partial charge in [-0.1, -0.05) is 51.1 Å². The third-order valence-electron chi connectivity index (χ3n) is 4.41. The zero-order valence-corrected chi connectivity index (χ0v) is 16.8. The zero-order valence-electron chi connectivity index (χ0n) is 16.8. The lowest BCUT2D eigenvalue weighted by Gasteiger charge is -2.19. The highest BCUT2D eigenvalue weighted by Gasteiger charge is 2.16. The van der Waals surface area contributed by atoms with Gasteiger partial charge >= 0.3 is 5.97 Å². The molecule has 2 N–H and O–H groups in total. The molecule has 0 bridgehead atoms. The summed E-state index contributed by atoms with van der Waals surface area (Å²) in [6, 6.07) is 15.1. The van der Waals surface area contributed by atoms with E-state index in [4.69, 9.17) is 9.47 Å². The largest absolute Gasteiger partial charge is 0.492 e. The number of aromatic nitrogens is 2. The first-order valence-electron chi connectivity index (χ1n) is 9.45. The number of hydrogen-bond donors (Lipinski definition) is 2. The summed E-state index contributed by atoms with van der Waals surface area (Å²) in [5.41, 5.74) is 2.21. The van der Waals surface area contributed by atoms with Gasteiger partial charge in [-0.05, 0) is 29.2 Å². The van der Waals surface area contributed by atoms with E-state index in [1.807, 2.05) is 36.4 Å². The Kier molecular flexibility index (Phi) is 6.16. The van der Waals surface area contributed by atoms with Crippen LogP contribution in [0.15, 0.2) is 48.5 Å². The van der Waals surface area contributed by atoms with Crippen LogP contribution in [0.25, 0.3) is 10.9 Å². The van der Waals surface area contributed by atoms with Gasteiger partial charge in [-0.2, -0.15) is 5.10 Å². The van der Waals surface area contributed by atoms with E-state index in [0.717, 1.165) is 11.3 Å². The number of hydrogen-bond acceptors (Lipinski definition) is 5. The standard InChI is InChI=1S/C22H25N3O4/c1-22(2,3)15-8-10-16(11-9-15)28-13-12-23-19(26)14-29-21(27)20-17-6-4-5-7-18(17)24-25-20/h4-11H,12-14H2,1-3H3,(H,23,26)(H,24,25). The van der Waals surface area contributed by atoms with Crippen LogP contribution in [0.2, 0.25) is 0 Å². The Morgan fingerprint density at radius 3 is 2.52 bits per heavy atom. The van der Waals surface area contributed by atoms with Crippen molar-refractivity contribution in [2.75, 3.05) is 19.8 Å². The quantitative estimate of drug-likeness (QED) is 0.473. The lowest BCUT2D eigenvalue weighted by molar-refractivity contribution is -0.124. The van der Waals surface area contributed by atoms with Crippen molar-refractivity contribution in [1.29, 1.82) is 0 Å². The number of esters is 1. The minimum absolute atomic E-state index is 0.0894. The SMILES string of the molecule is CC(C)(C)c1ccc(OCCNC(=O)COC(=O)c2n[nH]c3ccccc23)cc1. The van der Waals surface area contributed by atoms with E-state index < -0.39 is 11.9 Å². The first-order chi connectivity index (χ1) is 13.8. The number of para-hydroxylation sites is 1. The molecule has 0 saturated heterocycles. The second kappa shape index (κ2) is 8.77. The van der Waals surface area contributed by atoms with Crippen LogP contribution < -0.4 is 10.1 Å². The number of fused-ring (bicyclic) bond motifs is 1. The van der Waals surface area contributed by atoms with Gasteiger partial charge in [0.2, 0.25) is 0 Å². The normalized spacial score (nSPS) is 11.3. The molecule has 0 spiro atoms. The van der Waals surface area contributed by atoms with Gasteiger partial charge in [-0.15, -0.1) is 0 Å². The fourth-order valence-electron chi connectivity index (χ4n) is 2.78. The van der Waals surface area contributed by atoms with E-state index in [1.165, 1.54) is 5.56 Å². The number of nitrogens with zero attached hydrogens (tertiary/aromatic N) is 1. The monoisotopic (exact) mass is 395 g/mol. The molecule has 3 rings (SSSR count). The van der Waals surface area contributed by atoms with E-state index in [0.29, 0.717) is 18.5 Å². The molecule has 0 radical (unpaired) electrons. The lowest BCUT2D eigenvalue weighted by atomic mass is 9.87. The van der Waals surface area contributed by atoms with Crippen molar-refractivity contribution in [2.45, 2.75) is 26.2 Å². The maximum atomic E-state index is 12.1. The number of benzene rings is 2. The molecule has 7 heteroatoms. The van der Waals surface area contributed by atoms with Crippen molar-refractivity contribution >= 4 is 22.8 Å². The Morgan fingerprint density at radius 1 is 1.07 bits per heavy atom. The molecule has 0 atom stereocenters. The molecule has 0 unspecified atom stereocenters. The molecule has 0 saturated carbocycles. The third-order valence-corrected chi connectivity index (χ3v) is 4.41. The van der Waals surface area contributed by atoms with Crippen LogP contribution in [0.1, 0.15) is 36.8 Å². The van der Waals surface area contributed by atoms with Crippen molar-refractivity contribution in [3.05, 3.63) is 59.8 Å². The maximum Gasteiger partial charge on any atom is 0.359 e. The van der Waals surface area contributed by atoms with Gasteiger partial charge in [0.05, 0.1) is 12.1 Å². The number of H-pyrrole nitrogens is 1. The van der Waals surface area contributed by atoms with E-state index in [1.54, 1.807) is 12.1 Å². The van der Waals surface area contributed by atoms with Crippen LogP contribution in [0.4, 0.5) is 0 Å². The van der Waals surface area contributed by atoms with Crippen LogP contribution in [-0.2, 0) is 14.9 Å². The van der Waals surface area contributed by atoms with Crippen LogP contribution in [0.3, 0.4) is 0 Å². The highest BCUT2D eigenvalue weighted by Crippen LogP contribution is 2.24. The predicted octanol–water partition coefficient (Wildman–Crippen LogP) is 3.21. The summed E-state index contributed by atoms with van der Waals surface area (Å²) in [4.78, 5) is 24.0. The molecule has 2 aromatic carbocycles. The number of ether oxygens (including phenoxy) is 2. The summed E-state index contributed by atoms with van der Waals surface area (Å²) in [7, 11) is 0. The highest BCUT2D eigenvalue weighted by atomic mass is 16.5. The number of nitrogens with one attached hydrogen (secondary N) is 2. The molecule has 7 nitrogen and oxygen atoms in total. The maximum absolute atomic E-state index is 12.1. The van der Waals surface area contributed by atoms with Gasteiger partial charge in [0.25, 0.3) is 5.91 Å². The van der Waals surface area contributed by atoms with Gasteiger partial charge in [-0.3, -0.25) is 9.89 Å². The first kappa shape index (κ1) is 20.4. The third kappa shape index (κ3) is 5.34. The minimum Gasteiger partial charge on any atom is -0.492 e. The molecule has 152 valence electrons. The number of rotatable bonds is 7. The fourth-order valence-corrected chi connectivity index (χ4v) is 2.78. The van der Waals surface area contributed by atoms with Gasteiger partial charge in [0, 0.05) is 5.39 Å². The molecule has 0 aliphatic rings. The average molecular weight is 395 g/mol. The molecule has 0 aliphatic heterocycles. The Labute approximate surface area is 169 Å². The summed E-state index contributed by atoms with van der Waals surface area (Å²) in [6.07, 6.45) is 0. The molecule has 0 aliphatic carbocycles. The van der Waals surface area contributed by atoms with Gasteiger partial charge in [0.1, 0.15) is 12.4 Å². The average Bonchev–Trinajstić information content (AvgIpc) is 3.13. The lowest BCUT2D eigenvalue weighted by Crippen LogP contribution is -2.32. The van der Waals surface area contributed by atoms with Crippen LogP contribution in [-0.4, -0.2) is 41.8 Å². The number of aromatic amines is 1. The number of carbonyl (C=O) groups excluding carboxylic acids is 2. The van der Waals surface area contributed by atoms with E-state index in [2.05, 4.69) is 36.3 Å². The minimum atomic E-state index is -0.646. The number of carbonyl (C=O) groups is 2. The van der Waals surface area contributed by atoms with Crippen LogP contribution in [0, 0.1) is 0 Å². The summed E-state index contributed by atoms with van der Waals surface area (Å²) in [5, 5.41) is 10.0. The van der Waals surface area contributed by atoms with Gasteiger partial charge in [-0.25, -0.2) is 4.79 Å². The fraction of sp³-hybridized carbons (Fsp3) is 0.318. The van der Waals surface area contributed by atoms with Crippen molar-refractivity contribution in [1.82, 2.24) is 15.5 Å². The second-order valence-electron chi connectivity index (χ2n) is 7.67. The zero-order chi connectivity index (χ0) is 20.9. The molecule has 29 heavy (non-hydrogen) atoms. The smallest absolute Gasteiger partial charge is 0.359 e. The van der Waals surface area contributed by atoms with Crippen molar-refractivity contribution in [3.63, 3.8) is 0 Å². The van der Waals surface area contributed by atoms with Crippen LogP contribution in [0.5, 0.6) is 5.75 Å². The molecular formula is C22H25N3O4. The Bertz CT molecular complexity index is 987. The molecule has 1 amide bonds. The summed E-state index contributed by atoms with van der Waals surface area (Å²) in [6.45, 7) is 6.71. The van der Waals surface area contributed by atoms with Crippen LogP contribution >= 0.6 is 0 Å². The molecule has 0 fully saturated rings.